The Morgan fingerprint density at radius 1 is 1.46 bits per heavy atom. The highest BCUT2D eigenvalue weighted by molar-refractivity contribution is 7.09. The van der Waals surface area contributed by atoms with E-state index in [0.29, 0.717) is 13.0 Å². The molecule has 1 saturated heterocycles. The molecule has 1 spiro atoms. The van der Waals surface area contributed by atoms with E-state index in [1.165, 1.54) is 4.88 Å². The number of imide groups is 1. The first-order valence-electron chi connectivity index (χ1n) is 8.46. The van der Waals surface area contributed by atoms with E-state index < -0.39 is 11.6 Å². The highest BCUT2D eigenvalue weighted by Crippen LogP contribution is 2.38. The fourth-order valence-electron chi connectivity index (χ4n) is 3.62. The summed E-state index contributed by atoms with van der Waals surface area (Å²) >= 11 is 1.64. The van der Waals surface area contributed by atoms with Crippen LogP contribution in [0.2, 0.25) is 0 Å². The Morgan fingerprint density at radius 3 is 3.00 bits per heavy atom. The Morgan fingerprint density at radius 2 is 2.29 bits per heavy atom. The molecule has 6 nitrogen and oxygen atoms in total. The molecule has 1 saturated carbocycles. The van der Waals surface area contributed by atoms with E-state index in [9.17, 15) is 14.4 Å². The Kier molecular flexibility index (Phi) is 4.89. The zero-order valence-electron chi connectivity index (χ0n) is 13.8. The van der Waals surface area contributed by atoms with Crippen molar-refractivity contribution < 1.29 is 14.4 Å². The quantitative estimate of drug-likeness (QED) is 0.797. The SMILES string of the molecule is CC1CCCCC12NC(=O)N(CC(=O)NCCc1cccs1)C2=O. The van der Waals surface area contributed by atoms with Crippen LogP contribution in [0.1, 0.15) is 37.5 Å². The highest BCUT2D eigenvalue weighted by atomic mass is 32.1. The topological polar surface area (TPSA) is 78.5 Å². The van der Waals surface area contributed by atoms with Crippen molar-refractivity contribution in [1.82, 2.24) is 15.5 Å². The van der Waals surface area contributed by atoms with Gasteiger partial charge in [-0.2, -0.15) is 0 Å². The van der Waals surface area contributed by atoms with Gasteiger partial charge in [-0.15, -0.1) is 11.3 Å². The maximum absolute atomic E-state index is 12.8. The lowest BCUT2D eigenvalue weighted by molar-refractivity contribution is -0.137. The third kappa shape index (κ3) is 3.17. The van der Waals surface area contributed by atoms with Crippen molar-refractivity contribution >= 4 is 29.2 Å². The standard InChI is InChI=1S/C17H23N3O3S/c1-12-5-2-3-8-17(12)15(22)20(16(23)19-17)11-14(21)18-9-7-13-6-4-10-24-13/h4,6,10,12H,2-3,5,7-9,11H2,1H3,(H,18,21)(H,19,23). The lowest BCUT2D eigenvalue weighted by Gasteiger charge is -2.36. The zero-order chi connectivity index (χ0) is 17.2. The van der Waals surface area contributed by atoms with E-state index in [1.54, 1.807) is 11.3 Å². The molecular formula is C17H23N3O3S. The van der Waals surface area contributed by atoms with Crippen LogP contribution in [0.3, 0.4) is 0 Å². The monoisotopic (exact) mass is 349 g/mol. The molecule has 0 aromatic carbocycles. The molecule has 130 valence electrons. The predicted octanol–water partition coefficient (Wildman–Crippen LogP) is 1.91. The van der Waals surface area contributed by atoms with Gasteiger partial charge in [0.05, 0.1) is 0 Å². The van der Waals surface area contributed by atoms with Crippen molar-refractivity contribution in [2.75, 3.05) is 13.1 Å². The molecule has 24 heavy (non-hydrogen) atoms. The molecule has 1 aromatic heterocycles. The van der Waals surface area contributed by atoms with Crippen molar-refractivity contribution in [3.63, 3.8) is 0 Å². The molecule has 2 unspecified atom stereocenters. The summed E-state index contributed by atoms with van der Waals surface area (Å²) in [4.78, 5) is 39.3. The molecule has 2 atom stereocenters. The molecule has 1 aliphatic heterocycles. The number of carbonyl (C=O) groups is 3. The Hall–Kier alpha value is -1.89. The summed E-state index contributed by atoms with van der Waals surface area (Å²) < 4.78 is 0. The highest BCUT2D eigenvalue weighted by Gasteiger charge is 2.55. The number of rotatable bonds is 5. The van der Waals surface area contributed by atoms with Crippen LogP contribution in [0.4, 0.5) is 4.79 Å². The van der Waals surface area contributed by atoms with E-state index in [4.69, 9.17) is 0 Å². The summed E-state index contributed by atoms with van der Waals surface area (Å²) in [6, 6.07) is 3.55. The van der Waals surface area contributed by atoms with Crippen molar-refractivity contribution in [1.29, 1.82) is 0 Å². The molecule has 1 aliphatic carbocycles. The average molecular weight is 349 g/mol. The van der Waals surface area contributed by atoms with Crippen LogP contribution in [0.5, 0.6) is 0 Å². The molecule has 7 heteroatoms. The van der Waals surface area contributed by atoms with Gasteiger partial charge < -0.3 is 10.6 Å². The minimum atomic E-state index is -0.799. The van der Waals surface area contributed by atoms with Gasteiger partial charge in [0, 0.05) is 11.4 Å². The predicted molar refractivity (Wildman–Crippen MR) is 91.6 cm³/mol. The van der Waals surface area contributed by atoms with Gasteiger partial charge in [0.15, 0.2) is 0 Å². The fourth-order valence-corrected chi connectivity index (χ4v) is 4.33. The number of amides is 4. The van der Waals surface area contributed by atoms with Crippen molar-refractivity contribution in [2.24, 2.45) is 5.92 Å². The Balaban J connectivity index is 1.55. The summed E-state index contributed by atoms with van der Waals surface area (Å²) in [6.45, 7) is 2.30. The molecule has 2 fully saturated rings. The van der Waals surface area contributed by atoms with Crippen LogP contribution in [0.15, 0.2) is 17.5 Å². The Labute approximate surface area is 145 Å². The van der Waals surface area contributed by atoms with E-state index in [2.05, 4.69) is 10.6 Å². The summed E-state index contributed by atoms with van der Waals surface area (Å²) in [7, 11) is 0. The lowest BCUT2D eigenvalue weighted by atomic mass is 9.73. The van der Waals surface area contributed by atoms with Gasteiger partial charge in [-0.3, -0.25) is 14.5 Å². The first-order chi connectivity index (χ1) is 11.5. The van der Waals surface area contributed by atoms with E-state index in [1.807, 2.05) is 24.4 Å². The largest absolute Gasteiger partial charge is 0.354 e. The number of carbonyl (C=O) groups excluding carboxylic acids is 3. The van der Waals surface area contributed by atoms with Gasteiger partial charge in [-0.05, 0) is 36.6 Å². The van der Waals surface area contributed by atoms with Crippen LogP contribution < -0.4 is 10.6 Å². The molecule has 0 radical (unpaired) electrons. The normalized spacial score (nSPS) is 26.7. The number of hydrogen-bond donors (Lipinski definition) is 2. The second-order valence-corrected chi connectivity index (χ2v) is 7.65. The number of nitrogens with zero attached hydrogens (tertiary/aromatic N) is 1. The maximum Gasteiger partial charge on any atom is 0.325 e. The van der Waals surface area contributed by atoms with Gasteiger partial charge in [0.1, 0.15) is 12.1 Å². The minimum Gasteiger partial charge on any atom is -0.354 e. The van der Waals surface area contributed by atoms with Crippen LogP contribution in [0, 0.1) is 5.92 Å². The van der Waals surface area contributed by atoms with Crippen molar-refractivity contribution in [2.45, 2.75) is 44.6 Å². The number of nitrogens with one attached hydrogen (secondary N) is 2. The molecule has 2 N–H and O–H groups in total. The summed E-state index contributed by atoms with van der Waals surface area (Å²) in [5.41, 5.74) is -0.799. The first kappa shape index (κ1) is 17.0. The van der Waals surface area contributed by atoms with Gasteiger partial charge >= 0.3 is 6.03 Å². The summed E-state index contributed by atoms with van der Waals surface area (Å²) in [5.74, 6) is -0.432. The van der Waals surface area contributed by atoms with Gasteiger partial charge in [0.2, 0.25) is 5.91 Å². The minimum absolute atomic E-state index is 0.106. The molecule has 1 aromatic rings. The van der Waals surface area contributed by atoms with Crippen molar-refractivity contribution in [3.05, 3.63) is 22.4 Å². The molecular weight excluding hydrogens is 326 g/mol. The molecule has 4 amide bonds. The smallest absolute Gasteiger partial charge is 0.325 e. The van der Waals surface area contributed by atoms with Crippen LogP contribution in [0.25, 0.3) is 0 Å². The zero-order valence-corrected chi connectivity index (χ0v) is 14.7. The van der Waals surface area contributed by atoms with E-state index >= 15 is 0 Å². The number of thiophene rings is 1. The number of urea groups is 1. The van der Waals surface area contributed by atoms with E-state index in [-0.39, 0.29) is 24.3 Å². The number of hydrogen-bond acceptors (Lipinski definition) is 4. The Bertz CT molecular complexity index is 631. The fraction of sp³-hybridized carbons (Fsp3) is 0.588. The lowest BCUT2D eigenvalue weighted by Crippen LogP contribution is -2.54. The average Bonchev–Trinajstić information content (AvgIpc) is 3.14. The molecule has 2 heterocycles. The first-order valence-corrected chi connectivity index (χ1v) is 9.34. The van der Waals surface area contributed by atoms with Crippen molar-refractivity contribution in [3.8, 4) is 0 Å². The summed E-state index contributed by atoms with van der Waals surface area (Å²) in [6.07, 6.45) is 4.35. The molecule has 2 aliphatic rings. The van der Waals surface area contributed by atoms with Crippen LogP contribution in [-0.2, 0) is 16.0 Å². The summed E-state index contributed by atoms with van der Waals surface area (Å²) in [5, 5.41) is 7.64. The maximum atomic E-state index is 12.8. The van der Waals surface area contributed by atoms with Gasteiger partial charge in [-0.25, -0.2) is 4.79 Å². The van der Waals surface area contributed by atoms with E-state index in [0.717, 1.165) is 30.6 Å². The van der Waals surface area contributed by atoms with Gasteiger partial charge in [0.25, 0.3) is 5.91 Å². The second kappa shape index (κ2) is 6.93. The third-order valence-corrected chi connectivity index (χ3v) is 6.01. The molecule has 3 rings (SSSR count). The van der Waals surface area contributed by atoms with Crippen LogP contribution >= 0.6 is 11.3 Å². The van der Waals surface area contributed by atoms with Crippen LogP contribution in [-0.4, -0.2) is 41.4 Å². The third-order valence-electron chi connectivity index (χ3n) is 5.08. The van der Waals surface area contributed by atoms with Gasteiger partial charge in [-0.1, -0.05) is 25.8 Å². The molecule has 0 bridgehead atoms. The second-order valence-electron chi connectivity index (χ2n) is 6.62.